The lowest BCUT2D eigenvalue weighted by molar-refractivity contribution is -0.149. The highest BCUT2D eigenvalue weighted by Crippen LogP contribution is 2.34. The monoisotopic (exact) mass is 309 g/mol. The van der Waals surface area contributed by atoms with E-state index in [0.717, 1.165) is 0 Å². The minimum Gasteiger partial charge on any atom is -0.469 e. The van der Waals surface area contributed by atoms with Gasteiger partial charge in [-0.05, 0) is 26.0 Å². The predicted octanol–water partition coefficient (Wildman–Crippen LogP) is 4.26. The molecule has 0 fully saturated rings. The highest BCUT2D eigenvalue weighted by molar-refractivity contribution is 6.41. The Hall–Kier alpha value is -0.640. The number of anilines is 1. The zero-order valence-corrected chi connectivity index (χ0v) is 12.6. The minimum atomic E-state index is -0.680. The van der Waals surface area contributed by atoms with Crippen molar-refractivity contribution < 1.29 is 9.53 Å². The van der Waals surface area contributed by atoms with Crippen molar-refractivity contribution in [3.05, 3.63) is 27.2 Å². The van der Waals surface area contributed by atoms with Crippen molar-refractivity contribution in [3.63, 3.8) is 0 Å². The molecule has 1 aromatic rings. The zero-order valence-electron chi connectivity index (χ0n) is 10.3. The summed E-state index contributed by atoms with van der Waals surface area (Å²) < 4.78 is 4.72. The summed E-state index contributed by atoms with van der Waals surface area (Å²) in [6.07, 6.45) is 0. The van der Waals surface area contributed by atoms with Crippen LogP contribution in [0.4, 0.5) is 5.69 Å². The third kappa shape index (κ3) is 3.67. The molecule has 0 saturated heterocycles. The summed E-state index contributed by atoms with van der Waals surface area (Å²) in [5.74, 6) is -0.309. The number of esters is 1. The lowest BCUT2D eigenvalue weighted by Gasteiger charge is -2.23. The van der Waals surface area contributed by atoms with Gasteiger partial charge < -0.3 is 10.1 Å². The SMILES string of the molecule is COC(=O)C(C)(C)CNc1c(Cl)cc(Cl)cc1Cl. The molecule has 1 N–H and O–H groups in total. The van der Waals surface area contributed by atoms with Crippen LogP contribution in [0.5, 0.6) is 0 Å². The Kier molecular flexibility index (Phi) is 5.14. The molecule has 0 unspecified atom stereocenters. The Balaban J connectivity index is 2.84. The number of carbonyl (C=O) groups excluding carboxylic acids is 1. The van der Waals surface area contributed by atoms with Gasteiger partial charge in [0.2, 0.25) is 0 Å². The molecule has 0 spiro atoms. The molecule has 100 valence electrons. The second-order valence-electron chi connectivity index (χ2n) is 4.47. The lowest BCUT2D eigenvalue weighted by atomic mass is 9.93. The number of ether oxygens (including phenoxy) is 1. The summed E-state index contributed by atoms with van der Waals surface area (Å²) in [6, 6.07) is 3.17. The van der Waals surface area contributed by atoms with E-state index in [4.69, 9.17) is 39.5 Å². The molecule has 0 bridgehead atoms. The molecule has 0 saturated carbocycles. The smallest absolute Gasteiger partial charge is 0.313 e. The summed E-state index contributed by atoms with van der Waals surface area (Å²) in [5.41, 5.74) is -0.124. The van der Waals surface area contributed by atoms with Gasteiger partial charge in [-0.2, -0.15) is 0 Å². The van der Waals surface area contributed by atoms with Gasteiger partial charge in [-0.25, -0.2) is 0 Å². The number of rotatable bonds is 4. The molecule has 0 aliphatic heterocycles. The van der Waals surface area contributed by atoms with Crippen LogP contribution in [0.1, 0.15) is 13.8 Å². The molecule has 0 aliphatic carbocycles. The molecular weight excluding hydrogens is 296 g/mol. The van der Waals surface area contributed by atoms with E-state index >= 15 is 0 Å². The van der Waals surface area contributed by atoms with Gasteiger partial charge in [-0.1, -0.05) is 34.8 Å². The average Bonchev–Trinajstić information content (AvgIpc) is 2.26. The summed E-state index contributed by atoms with van der Waals surface area (Å²) in [7, 11) is 1.35. The van der Waals surface area contributed by atoms with Gasteiger partial charge in [0.05, 0.1) is 28.3 Å². The Morgan fingerprint density at radius 2 is 1.78 bits per heavy atom. The van der Waals surface area contributed by atoms with Crippen molar-refractivity contribution in [3.8, 4) is 0 Å². The van der Waals surface area contributed by atoms with Crippen LogP contribution in [-0.2, 0) is 9.53 Å². The maximum absolute atomic E-state index is 11.5. The molecule has 6 heteroatoms. The van der Waals surface area contributed by atoms with Gasteiger partial charge in [0.1, 0.15) is 0 Å². The summed E-state index contributed by atoms with van der Waals surface area (Å²) in [6.45, 7) is 3.88. The van der Waals surface area contributed by atoms with Gasteiger partial charge >= 0.3 is 5.97 Å². The van der Waals surface area contributed by atoms with Gasteiger partial charge in [-0.3, -0.25) is 4.79 Å². The van der Waals surface area contributed by atoms with Gasteiger partial charge in [0.25, 0.3) is 0 Å². The first-order valence-corrected chi connectivity index (χ1v) is 6.38. The molecule has 3 nitrogen and oxygen atoms in total. The van der Waals surface area contributed by atoms with E-state index in [-0.39, 0.29) is 5.97 Å². The molecule has 0 heterocycles. The first-order chi connectivity index (χ1) is 8.27. The van der Waals surface area contributed by atoms with Gasteiger partial charge in [-0.15, -0.1) is 0 Å². The maximum Gasteiger partial charge on any atom is 0.313 e. The first kappa shape index (κ1) is 15.4. The number of hydrogen-bond acceptors (Lipinski definition) is 3. The standard InChI is InChI=1S/C12H14Cl3NO2/c1-12(2,11(17)18-3)6-16-10-8(14)4-7(13)5-9(10)15/h4-5,16H,6H2,1-3H3. The highest BCUT2D eigenvalue weighted by Gasteiger charge is 2.28. The molecule has 0 aliphatic rings. The van der Waals surface area contributed by atoms with E-state index in [9.17, 15) is 4.79 Å². The lowest BCUT2D eigenvalue weighted by Crippen LogP contribution is -2.33. The Morgan fingerprint density at radius 3 is 2.22 bits per heavy atom. The molecule has 1 aromatic carbocycles. The molecular formula is C12H14Cl3NO2. The summed E-state index contributed by atoms with van der Waals surface area (Å²) in [5, 5.41) is 4.32. The van der Waals surface area contributed by atoms with Crippen molar-refractivity contribution in [2.45, 2.75) is 13.8 Å². The fourth-order valence-electron chi connectivity index (χ4n) is 1.37. The van der Waals surface area contributed by atoms with Crippen LogP contribution in [0.15, 0.2) is 12.1 Å². The molecule has 0 amide bonds. The third-order valence-electron chi connectivity index (χ3n) is 2.45. The molecule has 0 aromatic heterocycles. The van der Waals surface area contributed by atoms with Crippen LogP contribution in [0.25, 0.3) is 0 Å². The highest BCUT2D eigenvalue weighted by atomic mass is 35.5. The fraction of sp³-hybridized carbons (Fsp3) is 0.417. The predicted molar refractivity (Wildman–Crippen MR) is 75.8 cm³/mol. The Bertz CT molecular complexity index is 438. The summed E-state index contributed by atoms with van der Waals surface area (Å²) in [4.78, 5) is 11.5. The van der Waals surface area contributed by atoms with Crippen molar-refractivity contribution in [1.82, 2.24) is 0 Å². The molecule has 1 rings (SSSR count). The molecule has 18 heavy (non-hydrogen) atoms. The number of halogens is 3. The quantitative estimate of drug-likeness (QED) is 0.845. The fourth-order valence-corrected chi connectivity index (χ4v) is 2.32. The Labute approximate surface area is 121 Å². The molecule has 0 radical (unpaired) electrons. The number of carbonyl (C=O) groups is 1. The largest absolute Gasteiger partial charge is 0.469 e. The van der Waals surface area contributed by atoms with E-state index in [2.05, 4.69) is 5.32 Å². The van der Waals surface area contributed by atoms with Crippen LogP contribution >= 0.6 is 34.8 Å². The van der Waals surface area contributed by atoms with Crippen molar-refractivity contribution in [2.24, 2.45) is 5.41 Å². The first-order valence-electron chi connectivity index (χ1n) is 5.25. The van der Waals surface area contributed by atoms with E-state index in [1.54, 1.807) is 26.0 Å². The Morgan fingerprint density at radius 1 is 1.28 bits per heavy atom. The second-order valence-corrected chi connectivity index (χ2v) is 5.72. The number of hydrogen-bond donors (Lipinski definition) is 1. The summed E-state index contributed by atoms with van der Waals surface area (Å²) >= 11 is 17.9. The van der Waals surface area contributed by atoms with Crippen molar-refractivity contribution in [1.29, 1.82) is 0 Å². The number of benzene rings is 1. The third-order valence-corrected chi connectivity index (χ3v) is 3.27. The van der Waals surface area contributed by atoms with Gasteiger partial charge in [0.15, 0.2) is 0 Å². The topological polar surface area (TPSA) is 38.3 Å². The van der Waals surface area contributed by atoms with E-state index < -0.39 is 5.41 Å². The average molecular weight is 311 g/mol. The minimum absolute atomic E-state index is 0.309. The van der Waals surface area contributed by atoms with Crippen LogP contribution in [-0.4, -0.2) is 19.6 Å². The number of nitrogens with one attached hydrogen (secondary N) is 1. The van der Waals surface area contributed by atoms with E-state index in [0.29, 0.717) is 27.3 Å². The van der Waals surface area contributed by atoms with Crippen LogP contribution in [0.3, 0.4) is 0 Å². The van der Waals surface area contributed by atoms with Crippen LogP contribution in [0, 0.1) is 5.41 Å². The number of methoxy groups -OCH3 is 1. The molecule has 0 atom stereocenters. The van der Waals surface area contributed by atoms with Crippen LogP contribution in [0.2, 0.25) is 15.1 Å². The normalized spacial score (nSPS) is 11.2. The second kappa shape index (κ2) is 6.00. The maximum atomic E-state index is 11.5. The van der Waals surface area contributed by atoms with E-state index in [1.807, 2.05) is 0 Å². The van der Waals surface area contributed by atoms with Crippen molar-refractivity contribution >= 4 is 46.5 Å². The van der Waals surface area contributed by atoms with Gasteiger partial charge in [0, 0.05) is 11.6 Å². The zero-order chi connectivity index (χ0) is 13.9. The van der Waals surface area contributed by atoms with E-state index in [1.165, 1.54) is 7.11 Å². The van der Waals surface area contributed by atoms with Crippen molar-refractivity contribution in [2.75, 3.05) is 19.0 Å². The van der Waals surface area contributed by atoms with Crippen LogP contribution < -0.4 is 5.32 Å².